The van der Waals surface area contributed by atoms with Gasteiger partial charge >= 0.3 is 0 Å². The van der Waals surface area contributed by atoms with Gasteiger partial charge in [0.25, 0.3) is 5.91 Å². The molecular weight excluding hydrogens is 335 g/mol. The van der Waals surface area contributed by atoms with Gasteiger partial charge in [-0.15, -0.1) is 0 Å². The Morgan fingerprint density at radius 2 is 2.00 bits per heavy atom. The van der Waals surface area contributed by atoms with Crippen LogP contribution in [0.15, 0.2) is 48.5 Å². The average molecular weight is 349 g/mol. The Hall–Kier alpha value is -2.86. The van der Waals surface area contributed by atoms with Gasteiger partial charge in [-0.3, -0.25) is 9.59 Å². The Morgan fingerprint density at radius 3 is 2.71 bits per heavy atom. The Morgan fingerprint density at radius 1 is 1.25 bits per heavy atom. The van der Waals surface area contributed by atoms with Gasteiger partial charge in [-0.1, -0.05) is 23.7 Å². The quantitative estimate of drug-likeness (QED) is 0.787. The van der Waals surface area contributed by atoms with Crippen molar-refractivity contribution in [2.75, 3.05) is 11.9 Å². The largest absolute Gasteiger partial charge is 0.484 e. The van der Waals surface area contributed by atoms with Crippen LogP contribution in [0, 0.1) is 5.82 Å². The summed E-state index contributed by atoms with van der Waals surface area (Å²) in [6.45, 7) is -0.261. The summed E-state index contributed by atoms with van der Waals surface area (Å²) in [6, 6.07) is 10.7. The maximum atomic E-state index is 13.6. The van der Waals surface area contributed by atoms with Crippen LogP contribution in [-0.4, -0.2) is 18.4 Å². The first kappa shape index (κ1) is 17.5. The number of ether oxygens (including phenoxy) is 1. The van der Waals surface area contributed by atoms with Crippen molar-refractivity contribution in [3.8, 4) is 5.75 Å². The maximum Gasteiger partial charge on any atom is 0.255 e. The molecule has 0 aliphatic heterocycles. The van der Waals surface area contributed by atoms with Crippen LogP contribution in [0.1, 0.15) is 5.56 Å². The summed E-state index contributed by atoms with van der Waals surface area (Å²) in [4.78, 5) is 22.6. The Labute approximate surface area is 142 Å². The van der Waals surface area contributed by atoms with Gasteiger partial charge < -0.3 is 15.8 Å². The normalized spacial score (nSPS) is 10.6. The molecule has 2 rings (SSSR count). The van der Waals surface area contributed by atoms with Crippen LogP contribution in [0.25, 0.3) is 6.08 Å². The summed E-state index contributed by atoms with van der Waals surface area (Å²) in [5.41, 5.74) is 5.58. The molecule has 24 heavy (non-hydrogen) atoms. The van der Waals surface area contributed by atoms with Crippen molar-refractivity contribution < 1.29 is 18.7 Å². The first-order chi connectivity index (χ1) is 11.5. The van der Waals surface area contributed by atoms with Gasteiger partial charge in [0.1, 0.15) is 11.6 Å². The van der Waals surface area contributed by atoms with Crippen molar-refractivity contribution in [2.24, 2.45) is 5.73 Å². The third-order valence-electron chi connectivity index (χ3n) is 2.88. The van der Waals surface area contributed by atoms with Gasteiger partial charge in [0, 0.05) is 23.4 Å². The maximum absolute atomic E-state index is 13.6. The van der Waals surface area contributed by atoms with E-state index < -0.39 is 17.6 Å². The molecule has 0 fully saturated rings. The van der Waals surface area contributed by atoms with E-state index in [9.17, 15) is 14.0 Å². The van der Waals surface area contributed by atoms with Gasteiger partial charge in [-0.2, -0.15) is 0 Å². The number of amides is 2. The molecule has 0 heterocycles. The molecule has 2 aromatic carbocycles. The number of nitrogens with one attached hydrogen (secondary N) is 1. The lowest BCUT2D eigenvalue weighted by Gasteiger charge is -2.07. The molecule has 2 amide bonds. The van der Waals surface area contributed by atoms with Gasteiger partial charge in [-0.25, -0.2) is 4.39 Å². The van der Waals surface area contributed by atoms with E-state index in [0.717, 1.165) is 0 Å². The van der Waals surface area contributed by atoms with Gasteiger partial charge in [0.05, 0.1) is 5.02 Å². The first-order valence-corrected chi connectivity index (χ1v) is 7.28. The van der Waals surface area contributed by atoms with Gasteiger partial charge in [0.15, 0.2) is 6.61 Å². The summed E-state index contributed by atoms with van der Waals surface area (Å²) in [7, 11) is 0. The van der Waals surface area contributed by atoms with Crippen molar-refractivity contribution in [3.63, 3.8) is 0 Å². The third-order valence-corrected chi connectivity index (χ3v) is 3.21. The van der Waals surface area contributed by atoms with Crippen LogP contribution in [0.4, 0.5) is 10.1 Å². The molecule has 5 nitrogen and oxygen atoms in total. The van der Waals surface area contributed by atoms with E-state index in [1.54, 1.807) is 18.2 Å². The SMILES string of the molecule is NC(=O)COc1cccc(NC(=O)/C=C/c2c(F)cccc2Cl)c1. The average Bonchev–Trinajstić information content (AvgIpc) is 2.53. The highest BCUT2D eigenvalue weighted by Gasteiger charge is 2.05. The molecule has 0 bridgehead atoms. The second-order valence-electron chi connectivity index (χ2n) is 4.74. The molecule has 124 valence electrons. The van der Waals surface area contributed by atoms with Crippen LogP contribution in [0.3, 0.4) is 0 Å². The number of anilines is 1. The zero-order valence-electron chi connectivity index (χ0n) is 12.5. The highest BCUT2D eigenvalue weighted by molar-refractivity contribution is 6.32. The van der Waals surface area contributed by atoms with Crippen molar-refractivity contribution in [1.82, 2.24) is 0 Å². The number of hydrogen-bond donors (Lipinski definition) is 2. The fraction of sp³-hybridized carbons (Fsp3) is 0.0588. The third kappa shape index (κ3) is 5.10. The summed E-state index contributed by atoms with van der Waals surface area (Å²) in [6.07, 6.45) is 2.46. The van der Waals surface area contributed by atoms with Crippen molar-refractivity contribution >= 4 is 35.2 Å². The fourth-order valence-electron chi connectivity index (χ4n) is 1.83. The van der Waals surface area contributed by atoms with Crippen molar-refractivity contribution in [3.05, 3.63) is 64.9 Å². The monoisotopic (exact) mass is 348 g/mol. The van der Waals surface area contributed by atoms with Gasteiger partial charge in [0.2, 0.25) is 5.91 Å². The van der Waals surface area contributed by atoms with E-state index in [0.29, 0.717) is 11.4 Å². The second kappa shape index (κ2) is 8.12. The highest BCUT2D eigenvalue weighted by atomic mass is 35.5. The van der Waals surface area contributed by atoms with Crippen LogP contribution >= 0.6 is 11.6 Å². The minimum atomic E-state index is -0.603. The number of nitrogens with two attached hydrogens (primary N) is 1. The second-order valence-corrected chi connectivity index (χ2v) is 5.15. The van der Waals surface area contributed by atoms with Crippen LogP contribution in [0.2, 0.25) is 5.02 Å². The Kier molecular flexibility index (Phi) is 5.92. The minimum absolute atomic E-state index is 0.132. The first-order valence-electron chi connectivity index (χ1n) is 6.90. The number of rotatable bonds is 6. The molecule has 2 aromatic rings. The van der Waals surface area contributed by atoms with E-state index in [2.05, 4.69) is 5.32 Å². The summed E-state index contributed by atoms with van der Waals surface area (Å²) >= 11 is 5.88. The molecule has 0 saturated heterocycles. The predicted octanol–water partition coefficient (Wildman–Crippen LogP) is 3.00. The summed E-state index contributed by atoms with van der Waals surface area (Å²) in [5.74, 6) is -1.21. The molecule has 0 aliphatic carbocycles. The number of primary amides is 1. The molecule has 0 aromatic heterocycles. The van der Waals surface area contributed by atoms with E-state index in [1.165, 1.54) is 36.4 Å². The van der Waals surface area contributed by atoms with Crippen LogP contribution in [-0.2, 0) is 9.59 Å². The smallest absolute Gasteiger partial charge is 0.255 e. The predicted molar refractivity (Wildman–Crippen MR) is 90.2 cm³/mol. The Balaban J connectivity index is 2.03. The van der Waals surface area contributed by atoms with E-state index in [4.69, 9.17) is 22.1 Å². The molecule has 7 heteroatoms. The van der Waals surface area contributed by atoms with E-state index >= 15 is 0 Å². The van der Waals surface area contributed by atoms with E-state index in [-0.39, 0.29) is 17.2 Å². The molecule has 0 unspecified atom stereocenters. The number of carbonyl (C=O) groups excluding carboxylic acids is 2. The number of benzene rings is 2. The van der Waals surface area contributed by atoms with E-state index in [1.807, 2.05) is 0 Å². The van der Waals surface area contributed by atoms with Crippen LogP contribution < -0.4 is 15.8 Å². The molecule has 0 atom stereocenters. The summed E-state index contributed by atoms with van der Waals surface area (Å²) in [5, 5.41) is 2.80. The standard InChI is InChI=1S/C17H14ClFN2O3/c18-14-5-2-6-15(19)13(14)7-8-17(23)21-11-3-1-4-12(9-11)24-10-16(20)22/h1-9H,10H2,(H2,20,22)(H,21,23)/b8-7+. The zero-order chi connectivity index (χ0) is 17.5. The fourth-order valence-corrected chi connectivity index (χ4v) is 2.06. The van der Waals surface area contributed by atoms with Crippen molar-refractivity contribution in [2.45, 2.75) is 0 Å². The van der Waals surface area contributed by atoms with Gasteiger partial charge in [-0.05, 0) is 30.3 Å². The topological polar surface area (TPSA) is 81.4 Å². The molecule has 0 radical (unpaired) electrons. The molecular formula is C17H14ClFN2O3. The summed E-state index contributed by atoms with van der Waals surface area (Å²) < 4.78 is 18.7. The molecule has 3 N–H and O–H groups in total. The number of carbonyl (C=O) groups is 2. The zero-order valence-corrected chi connectivity index (χ0v) is 13.2. The number of hydrogen-bond acceptors (Lipinski definition) is 3. The van der Waals surface area contributed by atoms with Crippen molar-refractivity contribution in [1.29, 1.82) is 0 Å². The Bertz CT molecular complexity index is 773. The molecule has 0 spiro atoms. The van der Waals surface area contributed by atoms with Crippen LogP contribution in [0.5, 0.6) is 5.75 Å². The highest BCUT2D eigenvalue weighted by Crippen LogP contribution is 2.21. The lowest BCUT2D eigenvalue weighted by atomic mass is 10.2. The minimum Gasteiger partial charge on any atom is -0.484 e. The molecule has 0 saturated carbocycles. The molecule has 0 aliphatic rings. The lowest BCUT2D eigenvalue weighted by molar-refractivity contribution is -0.120. The number of halogens is 2. The lowest BCUT2D eigenvalue weighted by Crippen LogP contribution is -2.20.